The van der Waals surface area contributed by atoms with Crippen LogP contribution in [0.15, 0.2) is 78.9 Å². The molecule has 7 heteroatoms. The molecule has 0 aliphatic rings. The molecule has 2 N–H and O–H groups in total. The first-order valence-electron chi connectivity index (χ1n) is 9.09. The van der Waals surface area contributed by atoms with Gasteiger partial charge in [-0.05, 0) is 54.2 Å². The SMILES string of the molecule is O=C(C=Cc1ccccc1)NC(=S)Nc1ccc(Cl)cc1-c1nc2ccccc2s1. The van der Waals surface area contributed by atoms with Gasteiger partial charge in [-0.25, -0.2) is 4.98 Å². The van der Waals surface area contributed by atoms with Crippen LogP contribution < -0.4 is 10.6 Å². The van der Waals surface area contributed by atoms with Crippen LogP contribution in [0.4, 0.5) is 5.69 Å². The Kier molecular flexibility index (Phi) is 6.18. The number of carbonyl (C=O) groups is 1. The number of carbonyl (C=O) groups excluding carboxylic acids is 1. The van der Waals surface area contributed by atoms with E-state index in [1.165, 1.54) is 6.08 Å². The minimum absolute atomic E-state index is 0.197. The molecule has 4 nitrogen and oxygen atoms in total. The maximum atomic E-state index is 12.2. The van der Waals surface area contributed by atoms with E-state index >= 15 is 0 Å². The Morgan fingerprint density at radius 3 is 2.60 bits per heavy atom. The summed E-state index contributed by atoms with van der Waals surface area (Å²) in [4.78, 5) is 16.9. The fraction of sp³-hybridized carbons (Fsp3) is 0. The van der Waals surface area contributed by atoms with Crippen molar-refractivity contribution < 1.29 is 4.79 Å². The molecule has 3 aromatic carbocycles. The van der Waals surface area contributed by atoms with E-state index in [2.05, 4.69) is 10.6 Å². The van der Waals surface area contributed by atoms with Gasteiger partial charge in [-0.2, -0.15) is 0 Å². The van der Waals surface area contributed by atoms with E-state index in [0.29, 0.717) is 5.02 Å². The highest BCUT2D eigenvalue weighted by Gasteiger charge is 2.13. The van der Waals surface area contributed by atoms with Gasteiger partial charge in [0, 0.05) is 16.7 Å². The Hall–Kier alpha value is -3.06. The number of para-hydroxylation sites is 1. The summed E-state index contributed by atoms with van der Waals surface area (Å²) in [5.74, 6) is -0.313. The van der Waals surface area contributed by atoms with Crippen LogP contribution in [0.5, 0.6) is 0 Å². The van der Waals surface area contributed by atoms with Crippen molar-refractivity contribution in [3.63, 3.8) is 0 Å². The van der Waals surface area contributed by atoms with Crippen molar-refractivity contribution in [1.29, 1.82) is 0 Å². The average molecular weight is 450 g/mol. The van der Waals surface area contributed by atoms with Gasteiger partial charge in [0.1, 0.15) is 5.01 Å². The fourth-order valence-electron chi connectivity index (χ4n) is 2.83. The molecule has 0 spiro atoms. The molecule has 1 aromatic heterocycles. The largest absolute Gasteiger partial charge is 0.332 e. The summed E-state index contributed by atoms with van der Waals surface area (Å²) in [6, 6.07) is 22.9. The quantitative estimate of drug-likeness (QED) is 0.290. The molecule has 0 aliphatic heterocycles. The molecule has 4 rings (SSSR count). The second-order valence-corrected chi connectivity index (χ2v) is 8.24. The number of nitrogens with zero attached hydrogens (tertiary/aromatic N) is 1. The first-order valence-corrected chi connectivity index (χ1v) is 10.7. The number of fused-ring (bicyclic) bond motifs is 1. The highest BCUT2D eigenvalue weighted by Crippen LogP contribution is 2.36. The molecule has 0 bridgehead atoms. The third kappa shape index (κ3) is 4.91. The van der Waals surface area contributed by atoms with Crippen molar-refractivity contribution in [1.82, 2.24) is 10.3 Å². The van der Waals surface area contributed by atoms with E-state index in [1.54, 1.807) is 23.5 Å². The molecular formula is C23H16ClN3OS2. The van der Waals surface area contributed by atoms with Gasteiger partial charge in [-0.3, -0.25) is 10.1 Å². The summed E-state index contributed by atoms with van der Waals surface area (Å²) in [5, 5.41) is 7.35. The maximum Gasteiger partial charge on any atom is 0.250 e. The normalized spacial score (nSPS) is 11.0. The number of amides is 1. The summed E-state index contributed by atoms with van der Waals surface area (Å²) in [6.45, 7) is 0. The Labute approximate surface area is 188 Å². The van der Waals surface area contributed by atoms with Gasteiger partial charge < -0.3 is 5.32 Å². The molecule has 1 amide bonds. The van der Waals surface area contributed by atoms with Crippen LogP contribution in [-0.2, 0) is 4.79 Å². The number of hydrogen-bond donors (Lipinski definition) is 2. The minimum Gasteiger partial charge on any atom is -0.332 e. The number of thiocarbonyl (C=S) groups is 1. The molecule has 4 aromatic rings. The predicted molar refractivity (Wildman–Crippen MR) is 130 cm³/mol. The Morgan fingerprint density at radius 1 is 1.03 bits per heavy atom. The standard InChI is InChI=1S/C23H16ClN3OS2/c24-16-11-12-18(17(14-16)22-25-19-8-4-5-9-20(19)30-22)26-23(29)27-21(28)13-10-15-6-2-1-3-7-15/h1-14H,(H2,26,27,28,29). The zero-order chi connectivity index (χ0) is 20.9. The molecule has 0 radical (unpaired) electrons. The number of benzene rings is 3. The van der Waals surface area contributed by atoms with Crippen LogP contribution in [0.2, 0.25) is 5.02 Å². The van der Waals surface area contributed by atoms with Crippen LogP contribution in [0, 0.1) is 0 Å². The van der Waals surface area contributed by atoms with Crippen molar-refractivity contribution in [3.05, 3.63) is 89.5 Å². The van der Waals surface area contributed by atoms with Gasteiger partial charge in [-0.15, -0.1) is 11.3 Å². The Morgan fingerprint density at radius 2 is 1.80 bits per heavy atom. The Balaban J connectivity index is 1.51. The number of hydrogen-bond acceptors (Lipinski definition) is 4. The lowest BCUT2D eigenvalue weighted by Crippen LogP contribution is -2.32. The second-order valence-electron chi connectivity index (χ2n) is 6.36. The van der Waals surface area contributed by atoms with Gasteiger partial charge in [-0.1, -0.05) is 54.1 Å². The first-order chi connectivity index (χ1) is 14.6. The maximum absolute atomic E-state index is 12.2. The second kappa shape index (κ2) is 9.17. The van der Waals surface area contributed by atoms with Gasteiger partial charge in [0.2, 0.25) is 5.91 Å². The zero-order valence-corrected chi connectivity index (χ0v) is 18.0. The third-order valence-corrected chi connectivity index (χ3v) is 5.73. The van der Waals surface area contributed by atoms with Crippen molar-refractivity contribution in [2.45, 2.75) is 0 Å². The van der Waals surface area contributed by atoms with Crippen LogP contribution in [0.3, 0.4) is 0 Å². The molecule has 30 heavy (non-hydrogen) atoms. The van der Waals surface area contributed by atoms with Crippen LogP contribution in [0.25, 0.3) is 26.9 Å². The number of rotatable bonds is 4. The summed E-state index contributed by atoms with van der Waals surface area (Å²) >= 11 is 13.1. The van der Waals surface area contributed by atoms with Crippen molar-refractivity contribution in [2.75, 3.05) is 5.32 Å². The number of halogens is 1. The summed E-state index contributed by atoms with van der Waals surface area (Å²) in [6.07, 6.45) is 3.17. The highest BCUT2D eigenvalue weighted by atomic mass is 35.5. The third-order valence-electron chi connectivity index (χ3n) is 4.22. The molecule has 0 saturated heterocycles. The fourth-order valence-corrected chi connectivity index (χ4v) is 4.21. The van der Waals surface area contributed by atoms with E-state index in [4.69, 9.17) is 28.8 Å². The summed E-state index contributed by atoms with van der Waals surface area (Å²) in [5.41, 5.74) is 3.39. The lowest BCUT2D eigenvalue weighted by molar-refractivity contribution is -0.115. The average Bonchev–Trinajstić information content (AvgIpc) is 3.18. The molecule has 0 aliphatic carbocycles. The van der Waals surface area contributed by atoms with Crippen LogP contribution >= 0.6 is 35.2 Å². The van der Waals surface area contributed by atoms with Gasteiger partial charge in [0.15, 0.2) is 5.11 Å². The predicted octanol–water partition coefficient (Wildman–Crippen LogP) is 6.14. The van der Waals surface area contributed by atoms with Gasteiger partial charge in [0.05, 0.1) is 15.9 Å². The van der Waals surface area contributed by atoms with Crippen LogP contribution in [0.1, 0.15) is 5.56 Å². The topological polar surface area (TPSA) is 54.0 Å². The van der Waals surface area contributed by atoms with Gasteiger partial charge >= 0.3 is 0 Å². The molecule has 0 saturated carbocycles. The van der Waals surface area contributed by atoms with Crippen LogP contribution in [-0.4, -0.2) is 16.0 Å². The zero-order valence-electron chi connectivity index (χ0n) is 15.6. The Bertz CT molecular complexity index is 1220. The summed E-state index contributed by atoms with van der Waals surface area (Å²) < 4.78 is 1.08. The highest BCUT2D eigenvalue weighted by molar-refractivity contribution is 7.80. The number of aromatic nitrogens is 1. The minimum atomic E-state index is -0.313. The van der Waals surface area contributed by atoms with Crippen molar-refractivity contribution in [2.24, 2.45) is 0 Å². The molecule has 1 heterocycles. The monoisotopic (exact) mass is 449 g/mol. The van der Waals surface area contributed by atoms with Crippen molar-refractivity contribution in [3.8, 4) is 10.6 Å². The van der Waals surface area contributed by atoms with E-state index in [1.807, 2.05) is 66.7 Å². The number of nitrogens with one attached hydrogen (secondary N) is 2. The molecular weight excluding hydrogens is 434 g/mol. The van der Waals surface area contributed by atoms with E-state index in [9.17, 15) is 4.79 Å². The lowest BCUT2D eigenvalue weighted by atomic mass is 10.2. The molecule has 148 valence electrons. The van der Waals surface area contributed by atoms with E-state index in [0.717, 1.165) is 32.0 Å². The molecule has 0 atom stereocenters. The number of anilines is 1. The number of thiazole rings is 1. The lowest BCUT2D eigenvalue weighted by Gasteiger charge is -2.12. The molecule has 0 unspecified atom stereocenters. The summed E-state index contributed by atoms with van der Waals surface area (Å²) in [7, 11) is 0. The smallest absolute Gasteiger partial charge is 0.250 e. The molecule has 0 fully saturated rings. The van der Waals surface area contributed by atoms with E-state index in [-0.39, 0.29) is 11.0 Å². The van der Waals surface area contributed by atoms with E-state index < -0.39 is 0 Å². The van der Waals surface area contributed by atoms with Gasteiger partial charge in [0.25, 0.3) is 0 Å². The van der Waals surface area contributed by atoms with Crippen molar-refractivity contribution >= 4 is 68.2 Å². The first kappa shape index (κ1) is 20.2.